The van der Waals surface area contributed by atoms with Crippen LogP contribution in [0.3, 0.4) is 0 Å². The molecular weight excluding hydrogens is 724 g/mol. The lowest BCUT2D eigenvalue weighted by Gasteiger charge is -2.18. The third-order valence-corrected chi connectivity index (χ3v) is 7.52. The summed E-state index contributed by atoms with van der Waals surface area (Å²) in [6.45, 7) is 12.7. The fourth-order valence-electron chi connectivity index (χ4n) is 4.98. The molecule has 0 spiro atoms. The maximum Gasteiger partial charge on any atom is 0.435 e. The smallest absolute Gasteiger partial charge is 0.435 e. The van der Waals surface area contributed by atoms with Crippen LogP contribution in [-0.2, 0) is 9.47 Å². The molecule has 55 heavy (non-hydrogen) atoms. The molecule has 7 aromatic rings. The predicted octanol–water partition coefficient (Wildman–Crippen LogP) is 9.44. The van der Waals surface area contributed by atoms with Gasteiger partial charge in [0.15, 0.2) is 11.4 Å². The Bertz CT molecular complexity index is 2420. The number of ether oxygens (including phenoxy) is 2. The highest BCUT2D eigenvalue weighted by molar-refractivity contribution is 6.28. The normalized spacial score (nSPS) is 11.4. The van der Waals surface area contributed by atoms with Crippen molar-refractivity contribution in [2.75, 3.05) is 10.6 Å². The van der Waals surface area contributed by atoms with Crippen LogP contribution < -0.4 is 10.6 Å². The minimum absolute atomic E-state index is 0.132. The highest BCUT2D eigenvalue weighted by Gasteiger charge is 2.20. The van der Waals surface area contributed by atoms with Crippen LogP contribution in [0.5, 0.6) is 0 Å². The number of furan rings is 1. The molecular formula is C39H39ClN10O5. The quantitative estimate of drug-likeness (QED) is 0.153. The van der Waals surface area contributed by atoms with Crippen molar-refractivity contribution in [1.29, 1.82) is 0 Å². The summed E-state index contributed by atoms with van der Waals surface area (Å²) in [7, 11) is 0. The van der Waals surface area contributed by atoms with Gasteiger partial charge < -0.3 is 24.5 Å². The molecule has 0 aliphatic carbocycles. The van der Waals surface area contributed by atoms with Crippen LogP contribution in [0.2, 0.25) is 5.28 Å². The summed E-state index contributed by atoms with van der Waals surface area (Å²) < 4.78 is 18.4. The highest BCUT2D eigenvalue weighted by atomic mass is 35.5. The summed E-state index contributed by atoms with van der Waals surface area (Å²) in [5, 5.41) is 14.7. The first-order valence-electron chi connectivity index (χ1n) is 17.1. The summed E-state index contributed by atoms with van der Waals surface area (Å²) in [5.74, 6) is 1.93. The van der Waals surface area contributed by atoms with Crippen LogP contribution in [0.15, 0.2) is 102 Å². The molecule has 0 saturated heterocycles. The third-order valence-electron chi connectivity index (χ3n) is 7.35. The van der Waals surface area contributed by atoms with Crippen LogP contribution in [-0.4, -0.2) is 62.9 Å². The molecule has 0 radical (unpaired) electrons. The van der Waals surface area contributed by atoms with Crippen LogP contribution in [0.4, 0.5) is 32.6 Å². The van der Waals surface area contributed by atoms with Gasteiger partial charge in [0.1, 0.15) is 28.4 Å². The van der Waals surface area contributed by atoms with E-state index in [0.717, 1.165) is 39.4 Å². The van der Waals surface area contributed by atoms with Gasteiger partial charge in [0.25, 0.3) is 0 Å². The first-order valence-corrected chi connectivity index (χ1v) is 17.5. The van der Waals surface area contributed by atoms with Crippen molar-refractivity contribution in [3.05, 3.63) is 109 Å². The number of carbonyl (C=O) groups is 2. The van der Waals surface area contributed by atoms with Crippen LogP contribution in [0.1, 0.15) is 47.4 Å². The Balaban J connectivity index is 0.000000188. The molecule has 0 fully saturated rings. The fourth-order valence-corrected chi connectivity index (χ4v) is 5.16. The number of hydrogen-bond donors (Lipinski definition) is 2. The number of benzene rings is 2. The number of carbonyl (C=O) groups excluding carboxylic acids is 2. The molecule has 0 amide bonds. The average Bonchev–Trinajstić information content (AvgIpc) is 3.90. The second-order valence-electron chi connectivity index (χ2n) is 14.2. The van der Waals surface area contributed by atoms with Gasteiger partial charge in [-0.2, -0.15) is 24.5 Å². The number of hydrogen-bond acceptors (Lipinski definition) is 13. The third kappa shape index (κ3) is 10.3. The average molecular weight is 763 g/mol. The summed E-state index contributed by atoms with van der Waals surface area (Å²) in [6.07, 6.45) is 8.77. The predicted molar refractivity (Wildman–Crippen MR) is 209 cm³/mol. The van der Waals surface area contributed by atoms with Crippen molar-refractivity contribution in [2.45, 2.75) is 59.7 Å². The largest absolute Gasteiger partial charge is 0.459 e. The van der Waals surface area contributed by atoms with Gasteiger partial charge in [0.05, 0.1) is 18.7 Å². The number of fused-ring (bicyclic) bond motifs is 1. The molecule has 0 saturated carbocycles. The lowest BCUT2D eigenvalue weighted by molar-refractivity contribution is 0.0503. The van der Waals surface area contributed by atoms with Crippen molar-refractivity contribution in [3.63, 3.8) is 0 Å². The SMILES string of the molecule is CC(C)(C)OC(=O)n1cc(-c2ccc(Nc3nc(Cl)nc4ccoc34)cc2)cn1.Cc1nccc(Nc2ccc(-c3cnn(C(=O)OC(C)(C)C)c3)cc2)n1. The Kier molecular flexibility index (Phi) is 10.9. The molecule has 7 rings (SSSR count). The van der Waals surface area contributed by atoms with E-state index < -0.39 is 23.4 Å². The lowest BCUT2D eigenvalue weighted by atomic mass is 10.1. The minimum Gasteiger partial charge on any atom is -0.459 e. The molecule has 2 N–H and O–H groups in total. The van der Waals surface area contributed by atoms with E-state index in [1.54, 1.807) is 37.1 Å². The van der Waals surface area contributed by atoms with Gasteiger partial charge in [0, 0.05) is 47.2 Å². The van der Waals surface area contributed by atoms with E-state index in [9.17, 15) is 9.59 Å². The van der Waals surface area contributed by atoms with E-state index in [0.29, 0.717) is 22.7 Å². The molecule has 0 atom stereocenters. The van der Waals surface area contributed by atoms with Gasteiger partial charge in [-0.1, -0.05) is 24.3 Å². The zero-order valence-electron chi connectivity index (χ0n) is 31.2. The Morgan fingerprint density at radius 2 is 1.22 bits per heavy atom. The van der Waals surface area contributed by atoms with E-state index in [1.165, 1.54) is 15.6 Å². The molecule has 16 heteroatoms. The number of aryl methyl sites for hydroxylation is 1. The minimum atomic E-state index is -0.584. The Morgan fingerprint density at radius 3 is 1.73 bits per heavy atom. The van der Waals surface area contributed by atoms with E-state index >= 15 is 0 Å². The maximum absolute atomic E-state index is 12.1. The number of rotatable bonds is 6. The highest BCUT2D eigenvalue weighted by Crippen LogP contribution is 2.28. The van der Waals surface area contributed by atoms with Gasteiger partial charge in [-0.05, 0) is 102 Å². The second-order valence-corrected chi connectivity index (χ2v) is 14.5. The lowest BCUT2D eigenvalue weighted by Crippen LogP contribution is -2.27. The van der Waals surface area contributed by atoms with E-state index in [1.807, 2.05) is 103 Å². The molecule has 0 aliphatic rings. The van der Waals surface area contributed by atoms with Crippen molar-refractivity contribution in [3.8, 4) is 22.3 Å². The van der Waals surface area contributed by atoms with Gasteiger partial charge in [-0.25, -0.2) is 24.5 Å². The van der Waals surface area contributed by atoms with Gasteiger partial charge >= 0.3 is 12.2 Å². The number of aromatic nitrogens is 8. The number of halogens is 1. The van der Waals surface area contributed by atoms with E-state index in [2.05, 4.69) is 40.8 Å². The van der Waals surface area contributed by atoms with Crippen molar-refractivity contribution in [1.82, 2.24) is 39.5 Å². The summed E-state index contributed by atoms with van der Waals surface area (Å²) in [4.78, 5) is 40.8. The number of anilines is 4. The number of nitrogens with one attached hydrogen (secondary N) is 2. The van der Waals surface area contributed by atoms with Gasteiger partial charge in [-0.3, -0.25) is 0 Å². The zero-order valence-corrected chi connectivity index (χ0v) is 32.0. The summed E-state index contributed by atoms with van der Waals surface area (Å²) in [5.41, 5.74) is 5.18. The van der Waals surface area contributed by atoms with Gasteiger partial charge in [-0.15, -0.1) is 0 Å². The summed E-state index contributed by atoms with van der Waals surface area (Å²) in [6, 6.07) is 18.9. The van der Waals surface area contributed by atoms with E-state index in [4.69, 9.17) is 25.5 Å². The van der Waals surface area contributed by atoms with Crippen LogP contribution in [0, 0.1) is 6.92 Å². The molecule has 0 unspecified atom stereocenters. The topological polar surface area (TPSA) is 177 Å². The molecule has 2 aromatic carbocycles. The molecule has 5 heterocycles. The number of nitrogens with zero attached hydrogens (tertiary/aromatic N) is 8. The fraction of sp³-hybridized carbons (Fsp3) is 0.231. The van der Waals surface area contributed by atoms with Crippen LogP contribution >= 0.6 is 11.6 Å². The van der Waals surface area contributed by atoms with Gasteiger partial charge in [0.2, 0.25) is 5.28 Å². The Labute approximate surface area is 321 Å². The Hall–Kier alpha value is -6.61. The second kappa shape index (κ2) is 15.8. The first kappa shape index (κ1) is 38.1. The van der Waals surface area contributed by atoms with Crippen LogP contribution in [0.25, 0.3) is 33.4 Å². The standard InChI is InChI=1S/C20H18ClN5O3.C19H21N5O2/c1-20(2,3)29-19(27)26-11-13(10-22-26)12-4-6-14(7-5-12)23-17-16-15(8-9-28-16)24-18(21)25-17;1-13-20-10-9-17(22-13)23-16-7-5-14(6-8-16)15-11-21-24(12-15)18(25)26-19(2,3)4/h4-11H,1-3H3,(H,23,24,25);5-12H,1-4H3,(H,20,22,23). The molecule has 15 nitrogen and oxygen atoms in total. The zero-order chi connectivity index (χ0) is 39.3. The van der Waals surface area contributed by atoms with E-state index in [-0.39, 0.29) is 5.28 Å². The summed E-state index contributed by atoms with van der Waals surface area (Å²) >= 11 is 5.97. The molecule has 0 bridgehead atoms. The van der Waals surface area contributed by atoms with Crippen molar-refractivity contribution < 1.29 is 23.5 Å². The molecule has 5 aromatic heterocycles. The van der Waals surface area contributed by atoms with Crippen molar-refractivity contribution >= 4 is 57.9 Å². The maximum atomic E-state index is 12.1. The van der Waals surface area contributed by atoms with Crippen molar-refractivity contribution in [2.24, 2.45) is 0 Å². The first-order chi connectivity index (χ1) is 26.1. The monoisotopic (exact) mass is 762 g/mol. The Morgan fingerprint density at radius 1 is 0.691 bits per heavy atom. The molecule has 0 aliphatic heterocycles. The molecule has 282 valence electrons.